The van der Waals surface area contributed by atoms with Crippen LogP contribution in [-0.4, -0.2) is 55.2 Å². The molecular formula is C30H32N2O8S. The highest BCUT2D eigenvalue weighted by Crippen LogP contribution is 2.45. The van der Waals surface area contributed by atoms with E-state index in [2.05, 4.69) is 11.9 Å². The van der Waals surface area contributed by atoms with Gasteiger partial charge in [0.05, 0.1) is 44.7 Å². The molecule has 216 valence electrons. The van der Waals surface area contributed by atoms with E-state index in [9.17, 15) is 19.5 Å². The molecule has 0 radical (unpaired) electrons. The van der Waals surface area contributed by atoms with Crippen molar-refractivity contribution >= 4 is 39.9 Å². The average Bonchev–Trinajstić information content (AvgIpc) is 3.49. The Kier molecular flexibility index (Phi) is 9.28. The Morgan fingerprint density at radius 1 is 1.07 bits per heavy atom. The zero-order valence-corrected chi connectivity index (χ0v) is 24.4. The van der Waals surface area contributed by atoms with Crippen molar-refractivity contribution in [1.29, 1.82) is 0 Å². The first-order chi connectivity index (χ1) is 19.7. The quantitative estimate of drug-likeness (QED) is 0.104. The Morgan fingerprint density at radius 3 is 2.54 bits per heavy atom. The largest absolute Gasteiger partial charge is 0.507 e. The van der Waals surface area contributed by atoms with Crippen LogP contribution in [-0.2, 0) is 14.3 Å². The summed E-state index contributed by atoms with van der Waals surface area (Å²) in [4.78, 5) is 45.5. The number of amides is 1. The molecule has 1 aliphatic rings. The second kappa shape index (κ2) is 12.9. The minimum atomic E-state index is -1.08. The summed E-state index contributed by atoms with van der Waals surface area (Å²) in [5, 5.41) is 11.6. The van der Waals surface area contributed by atoms with Crippen molar-refractivity contribution in [3.63, 3.8) is 0 Å². The lowest BCUT2D eigenvalue weighted by Crippen LogP contribution is -2.29. The highest BCUT2D eigenvalue weighted by Gasteiger charge is 2.48. The maximum absolute atomic E-state index is 13.6. The Bertz CT molecular complexity index is 1500. The number of aliphatic hydroxyl groups is 1. The summed E-state index contributed by atoms with van der Waals surface area (Å²) in [6.07, 6.45) is 1.82. The number of unbranched alkanes of at least 4 members (excludes halogenated alkanes) is 1. The fraction of sp³-hybridized carbons (Fsp3) is 0.333. The van der Waals surface area contributed by atoms with Gasteiger partial charge in [0.2, 0.25) is 0 Å². The summed E-state index contributed by atoms with van der Waals surface area (Å²) in [7, 11) is 2.98. The van der Waals surface area contributed by atoms with Gasteiger partial charge in [0.25, 0.3) is 5.78 Å². The Hall–Kier alpha value is -4.38. The molecule has 0 aliphatic carbocycles. The molecule has 1 amide bonds. The van der Waals surface area contributed by atoms with Gasteiger partial charge in [-0.2, -0.15) is 0 Å². The number of esters is 1. The van der Waals surface area contributed by atoms with Gasteiger partial charge in [0.15, 0.2) is 16.6 Å². The third-order valence-corrected chi connectivity index (χ3v) is 7.64. The third kappa shape index (κ3) is 5.90. The van der Waals surface area contributed by atoms with E-state index in [1.807, 2.05) is 0 Å². The van der Waals surface area contributed by atoms with Gasteiger partial charge < -0.3 is 24.1 Å². The molecule has 11 heteroatoms. The van der Waals surface area contributed by atoms with Gasteiger partial charge in [-0.1, -0.05) is 42.9 Å². The molecule has 1 unspecified atom stereocenters. The predicted molar refractivity (Wildman–Crippen MR) is 154 cm³/mol. The minimum absolute atomic E-state index is 0.115. The summed E-state index contributed by atoms with van der Waals surface area (Å²) >= 11 is 0.938. The van der Waals surface area contributed by atoms with Crippen molar-refractivity contribution < 1.29 is 38.4 Å². The molecule has 4 rings (SSSR count). The second-order valence-electron chi connectivity index (χ2n) is 9.14. The number of aliphatic hydroxyl groups excluding tert-OH is 1. The molecular weight excluding hydrogens is 548 g/mol. The monoisotopic (exact) mass is 580 g/mol. The molecule has 1 aromatic heterocycles. The molecule has 1 N–H and O–H groups in total. The van der Waals surface area contributed by atoms with Gasteiger partial charge in [-0.25, -0.2) is 9.78 Å². The summed E-state index contributed by atoms with van der Waals surface area (Å²) in [6.45, 7) is 6.04. The summed E-state index contributed by atoms with van der Waals surface area (Å²) < 4.78 is 21.9. The first kappa shape index (κ1) is 29.6. The van der Waals surface area contributed by atoms with E-state index in [0.717, 1.165) is 24.2 Å². The van der Waals surface area contributed by atoms with Crippen LogP contribution >= 0.6 is 11.3 Å². The number of anilines is 1. The summed E-state index contributed by atoms with van der Waals surface area (Å²) in [6, 6.07) is 10.5. The van der Waals surface area contributed by atoms with Crippen LogP contribution in [0.2, 0.25) is 0 Å². The molecule has 1 aliphatic heterocycles. The van der Waals surface area contributed by atoms with Crippen LogP contribution in [0.4, 0.5) is 5.13 Å². The highest BCUT2D eigenvalue weighted by atomic mass is 32.1. The number of thiazole rings is 1. The van der Waals surface area contributed by atoms with Crippen molar-refractivity contribution in [2.24, 2.45) is 0 Å². The zero-order valence-electron chi connectivity index (χ0n) is 23.6. The number of rotatable bonds is 11. The van der Waals surface area contributed by atoms with Gasteiger partial charge in [0, 0.05) is 5.56 Å². The SMILES string of the molecule is CCCCOc1ccc(C2C(=C(O)c3cccc(OC)c3)C(=O)C(=O)N2c2nc(C)c(C(=O)OCC)s2)cc1OC. The number of aryl methyl sites for hydroxylation is 1. The van der Waals surface area contributed by atoms with Crippen molar-refractivity contribution in [2.45, 2.75) is 39.7 Å². The fourth-order valence-corrected chi connectivity index (χ4v) is 5.43. The van der Waals surface area contributed by atoms with Gasteiger partial charge in [0.1, 0.15) is 16.4 Å². The van der Waals surface area contributed by atoms with E-state index in [1.54, 1.807) is 56.3 Å². The number of carbonyl (C=O) groups excluding carboxylic acids is 3. The first-order valence-electron chi connectivity index (χ1n) is 13.2. The molecule has 0 saturated carbocycles. The number of carbonyl (C=O) groups is 3. The molecule has 3 aromatic rings. The Balaban J connectivity index is 1.90. The number of benzene rings is 2. The Labute approximate surface area is 242 Å². The highest BCUT2D eigenvalue weighted by molar-refractivity contribution is 7.17. The number of ketones is 1. The van der Waals surface area contributed by atoms with Crippen molar-refractivity contribution in [3.8, 4) is 17.2 Å². The molecule has 2 heterocycles. The van der Waals surface area contributed by atoms with E-state index in [0.29, 0.717) is 40.7 Å². The molecule has 0 spiro atoms. The van der Waals surface area contributed by atoms with Crippen LogP contribution in [0.15, 0.2) is 48.0 Å². The number of Topliss-reactive ketones (excluding diaryl/α,β-unsaturated/α-hetero) is 1. The normalized spacial score (nSPS) is 16.1. The van der Waals surface area contributed by atoms with E-state index in [1.165, 1.54) is 19.1 Å². The lowest BCUT2D eigenvalue weighted by atomic mass is 9.95. The van der Waals surface area contributed by atoms with Crippen LogP contribution in [0.1, 0.15) is 59.2 Å². The zero-order chi connectivity index (χ0) is 29.7. The van der Waals surface area contributed by atoms with Crippen LogP contribution in [0, 0.1) is 6.92 Å². The van der Waals surface area contributed by atoms with Gasteiger partial charge in [-0.15, -0.1) is 0 Å². The standard InChI is InChI=1S/C30H32N2O8S/c1-6-8-14-40-21-13-12-18(16-22(21)38-5)24-23(25(33)19-10-9-11-20(15-19)37-4)26(34)28(35)32(24)30-31-17(3)27(41-30)29(36)39-7-2/h9-13,15-16,24,33H,6-8,14H2,1-5H3. The van der Waals surface area contributed by atoms with E-state index < -0.39 is 23.7 Å². The number of hydrogen-bond donors (Lipinski definition) is 1. The maximum Gasteiger partial charge on any atom is 0.350 e. The molecule has 1 atom stereocenters. The van der Waals surface area contributed by atoms with Crippen LogP contribution < -0.4 is 19.1 Å². The average molecular weight is 581 g/mol. The van der Waals surface area contributed by atoms with Gasteiger partial charge >= 0.3 is 11.9 Å². The number of ether oxygens (including phenoxy) is 4. The number of methoxy groups -OCH3 is 2. The van der Waals surface area contributed by atoms with E-state index in [-0.39, 0.29) is 27.9 Å². The molecule has 2 aromatic carbocycles. The van der Waals surface area contributed by atoms with Crippen molar-refractivity contribution in [2.75, 3.05) is 32.3 Å². The summed E-state index contributed by atoms with van der Waals surface area (Å²) in [5.41, 5.74) is 0.977. The topological polar surface area (TPSA) is 124 Å². The molecule has 10 nitrogen and oxygen atoms in total. The van der Waals surface area contributed by atoms with E-state index in [4.69, 9.17) is 18.9 Å². The third-order valence-electron chi connectivity index (χ3n) is 6.50. The lowest BCUT2D eigenvalue weighted by Gasteiger charge is -2.24. The molecule has 41 heavy (non-hydrogen) atoms. The number of aromatic nitrogens is 1. The number of nitrogens with zero attached hydrogens (tertiary/aromatic N) is 2. The summed E-state index contributed by atoms with van der Waals surface area (Å²) in [5.74, 6) is -1.39. The van der Waals surface area contributed by atoms with Crippen molar-refractivity contribution in [3.05, 3.63) is 69.7 Å². The van der Waals surface area contributed by atoms with Gasteiger partial charge in [-0.3, -0.25) is 14.5 Å². The second-order valence-corrected chi connectivity index (χ2v) is 10.1. The van der Waals surface area contributed by atoms with Gasteiger partial charge in [-0.05, 0) is 50.1 Å². The Morgan fingerprint density at radius 2 is 1.85 bits per heavy atom. The van der Waals surface area contributed by atoms with E-state index >= 15 is 0 Å². The minimum Gasteiger partial charge on any atom is -0.507 e. The molecule has 1 fully saturated rings. The fourth-order valence-electron chi connectivity index (χ4n) is 4.44. The molecule has 0 bridgehead atoms. The predicted octanol–water partition coefficient (Wildman–Crippen LogP) is 5.45. The first-order valence-corrected chi connectivity index (χ1v) is 14.0. The van der Waals surface area contributed by atoms with Crippen LogP contribution in [0.5, 0.6) is 17.2 Å². The number of hydrogen-bond acceptors (Lipinski definition) is 10. The van der Waals surface area contributed by atoms with Crippen LogP contribution in [0.3, 0.4) is 0 Å². The maximum atomic E-state index is 13.6. The van der Waals surface area contributed by atoms with Crippen LogP contribution in [0.25, 0.3) is 5.76 Å². The molecule has 1 saturated heterocycles. The smallest absolute Gasteiger partial charge is 0.350 e. The van der Waals surface area contributed by atoms with Crippen molar-refractivity contribution in [1.82, 2.24) is 4.98 Å². The lowest BCUT2D eigenvalue weighted by molar-refractivity contribution is -0.132.